The lowest BCUT2D eigenvalue weighted by molar-refractivity contribution is 0.551. The van der Waals surface area contributed by atoms with E-state index in [1.165, 1.54) is 37.1 Å². The third-order valence-corrected chi connectivity index (χ3v) is 3.77. The molecule has 0 saturated heterocycles. The normalized spacial score (nSPS) is 14.8. The molecule has 112 valence electrons. The number of nitrogens with zero attached hydrogens (tertiary/aromatic N) is 2. The van der Waals surface area contributed by atoms with Crippen molar-refractivity contribution in [2.45, 2.75) is 46.6 Å². The summed E-state index contributed by atoms with van der Waals surface area (Å²) in [5, 5.41) is 3.55. The summed E-state index contributed by atoms with van der Waals surface area (Å²) in [5.74, 6) is 1.61. The van der Waals surface area contributed by atoms with E-state index in [0.29, 0.717) is 5.92 Å². The molecule has 1 aromatic rings. The molecule has 0 atom stereocenters. The predicted octanol–water partition coefficient (Wildman–Crippen LogP) is 3.45. The van der Waals surface area contributed by atoms with Gasteiger partial charge in [0, 0.05) is 25.8 Å². The Balaban J connectivity index is 2.02. The number of pyridine rings is 1. The van der Waals surface area contributed by atoms with Gasteiger partial charge in [-0.3, -0.25) is 4.98 Å². The lowest BCUT2D eigenvalue weighted by Gasteiger charge is -2.26. The minimum atomic E-state index is 0.693. The first-order valence-electron chi connectivity index (χ1n) is 8.09. The molecule has 0 aliphatic heterocycles. The molecule has 1 aliphatic carbocycles. The fraction of sp³-hybridized carbons (Fsp3) is 0.706. The highest BCUT2D eigenvalue weighted by atomic mass is 15.1. The topological polar surface area (TPSA) is 28.2 Å². The van der Waals surface area contributed by atoms with Crippen LogP contribution in [0.4, 0.5) is 5.69 Å². The van der Waals surface area contributed by atoms with Crippen molar-refractivity contribution >= 4 is 5.69 Å². The molecular formula is C17H29N3. The molecule has 1 aromatic heterocycles. The molecular weight excluding hydrogens is 246 g/mol. The van der Waals surface area contributed by atoms with Crippen LogP contribution in [0.3, 0.4) is 0 Å². The Hall–Kier alpha value is -1.09. The zero-order chi connectivity index (χ0) is 14.4. The van der Waals surface area contributed by atoms with Gasteiger partial charge in [-0.15, -0.1) is 0 Å². The fourth-order valence-electron chi connectivity index (χ4n) is 2.54. The zero-order valence-corrected chi connectivity index (χ0v) is 13.2. The molecule has 0 spiro atoms. The molecule has 0 amide bonds. The van der Waals surface area contributed by atoms with Gasteiger partial charge in [0.05, 0.1) is 11.9 Å². The van der Waals surface area contributed by atoms with E-state index in [9.17, 15) is 0 Å². The summed E-state index contributed by atoms with van der Waals surface area (Å²) in [5.41, 5.74) is 2.72. The van der Waals surface area contributed by atoms with Crippen molar-refractivity contribution in [2.24, 2.45) is 11.8 Å². The van der Waals surface area contributed by atoms with Gasteiger partial charge in [0.25, 0.3) is 0 Å². The summed E-state index contributed by atoms with van der Waals surface area (Å²) in [6.45, 7) is 11.1. The van der Waals surface area contributed by atoms with Crippen LogP contribution >= 0.6 is 0 Å². The SMILES string of the molecule is CCCN(CC1CC1)c1cnccc1CNCC(C)C. The smallest absolute Gasteiger partial charge is 0.0598 e. The first-order chi connectivity index (χ1) is 9.70. The Bertz CT molecular complexity index is 399. The average molecular weight is 275 g/mol. The molecule has 0 aromatic carbocycles. The Labute approximate surface area is 123 Å². The Kier molecular flexibility index (Phi) is 5.84. The van der Waals surface area contributed by atoms with Gasteiger partial charge in [0.2, 0.25) is 0 Å². The molecule has 3 heteroatoms. The largest absolute Gasteiger partial charge is 0.370 e. The van der Waals surface area contributed by atoms with Crippen molar-refractivity contribution in [2.75, 3.05) is 24.5 Å². The van der Waals surface area contributed by atoms with E-state index < -0.39 is 0 Å². The molecule has 1 aliphatic rings. The summed E-state index contributed by atoms with van der Waals surface area (Å²) >= 11 is 0. The number of rotatable bonds is 9. The maximum Gasteiger partial charge on any atom is 0.0598 e. The standard InChI is InChI=1S/C17H29N3/c1-4-9-20(13-15-5-6-15)17-12-18-8-7-16(17)11-19-10-14(2)3/h7-8,12,14-15,19H,4-6,9-11,13H2,1-3H3. The Morgan fingerprint density at radius 1 is 1.40 bits per heavy atom. The number of nitrogens with one attached hydrogen (secondary N) is 1. The molecule has 0 bridgehead atoms. The van der Waals surface area contributed by atoms with Gasteiger partial charge >= 0.3 is 0 Å². The van der Waals surface area contributed by atoms with Gasteiger partial charge < -0.3 is 10.2 Å². The predicted molar refractivity (Wildman–Crippen MR) is 86.0 cm³/mol. The molecule has 1 N–H and O–H groups in total. The second-order valence-electron chi connectivity index (χ2n) is 6.42. The van der Waals surface area contributed by atoms with Gasteiger partial charge in [0.15, 0.2) is 0 Å². The first kappa shape index (κ1) is 15.3. The highest BCUT2D eigenvalue weighted by Crippen LogP contribution is 2.32. The lowest BCUT2D eigenvalue weighted by Crippen LogP contribution is -2.29. The van der Waals surface area contributed by atoms with Crippen LogP contribution in [-0.2, 0) is 6.54 Å². The summed E-state index contributed by atoms with van der Waals surface area (Å²) < 4.78 is 0. The highest BCUT2D eigenvalue weighted by Gasteiger charge is 2.25. The van der Waals surface area contributed by atoms with Gasteiger partial charge in [-0.1, -0.05) is 20.8 Å². The first-order valence-corrected chi connectivity index (χ1v) is 8.09. The van der Waals surface area contributed by atoms with Crippen LogP contribution in [0, 0.1) is 11.8 Å². The van der Waals surface area contributed by atoms with Crippen LogP contribution < -0.4 is 10.2 Å². The fourth-order valence-corrected chi connectivity index (χ4v) is 2.54. The summed E-state index contributed by atoms with van der Waals surface area (Å²) in [7, 11) is 0. The molecule has 2 rings (SSSR count). The number of hydrogen-bond acceptors (Lipinski definition) is 3. The van der Waals surface area contributed by atoms with Crippen LogP contribution in [0.1, 0.15) is 45.6 Å². The molecule has 3 nitrogen and oxygen atoms in total. The second kappa shape index (κ2) is 7.63. The van der Waals surface area contributed by atoms with E-state index in [0.717, 1.165) is 25.6 Å². The molecule has 1 heterocycles. The van der Waals surface area contributed by atoms with Crippen LogP contribution in [0.15, 0.2) is 18.5 Å². The van der Waals surface area contributed by atoms with Crippen molar-refractivity contribution in [1.29, 1.82) is 0 Å². The van der Waals surface area contributed by atoms with Gasteiger partial charge in [-0.05, 0) is 49.3 Å². The summed E-state index contributed by atoms with van der Waals surface area (Å²) in [6, 6.07) is 2.16. The highest BCUT2D eigenvalue weighted by molar-refractivity contribution is 5.51. The Morgan fingerprint density at radius 2 is 2.20 bits per heavy atom. The third-order valence-electron chi connectivity index (χ3n) is 3.77. The van der Waals surface area contributed by atoms with Crippen molar-refractivity contribution < 1.29 is 0 Å². The van der Waals surface area contributed by atoms with E-state index >= 15 is 0 Å². The van der Waals surface area contributed by atoms with Crippen molar-refractivity contribution in [1.82, 2.24) is 10.3 Å². The van der Waals surface area contributed by atoms with E-state index in [4.69, 9.17) is 0 Å². The van der Waals surface area contributed by atoms with Gasteiger partial charge in [-0.25, -0.2) is 0 Å². The van der Waals surface area contributed by atoms with E-state index in [1.54, 1.807) is 0 Å². The maximum atomic E-state index is 4.35. The monoisotopic (exact) mass is 275 g/mol. The minimum Gasteiger partial charge on any atom is -0.370 e. The van der Waals surface area contributed by atoms with Crippen LogP contribution in [-0.4, -0.2) is 24.6 Å². The summed E-state index contributed by atoms with van der Waals surface area (Å²) in [4.78, 5) is 6.89. The second-order valence-corrected chi connectivity index (χ2v) is 6.42. The van der Waals surface area contributed by atoms with Crippen LogP contribution in [0.25, 0.3) is 0 Å². The van der Waals surface area contributed by atoms with Crippen molar-refractivity contribution in [3.63, 3.8) is 0 Å². The average Bonchev–Trinajstić information content (AvgIpc) is 3.22. The Morgan fingerprint density at radius 3 is 2.85 bits per heavy atom. The van der Waals surface area contributed by atoms with Gasteiger partial charge in [0.1, 0.15) is 0 Å². The zero-order valence-electron chi connectivity index (χ0n) is 13.2. The molecule has 1 fully saturated rings. The molecule has 20 heavy (non-hydrogen) atoms. The van der Waals surface area contributed by atoms with Crippen LogP contribution in [0.2, 0.25) is 0 Å². The molecule has 0 radical (unpaired) electrons. The van der Waals surface area contributed by atoms with E-state index in [-0.39, 0.29) is 0 Å². The number of aromatic nitrogens is 1. The van der Waals surface area contributed by atoms with Gasteiger partial charge in [-0.2, -0.15) is 0 Å². The van der Waals surface area contributed by atoms with Crippen LogP contribution in [0.5, 0.6) is 0 Å². The van der Waals surface area contributed by atoms with Crippen molar-refractivity contribution in [3.8, 4) is 0 Å². The van der Waals surface area contributed by atoms with E-state index in [2.05, 4.69) is 42.0 Å². The third kappa shape index (κ3) is 4.78. The molecule has 1 saturated carbocycles. The van der Waals surface area contributed by atoms with E-state index in [1.807, 2.05) is 12.4 Å². The van der Waals surface area contributed by atoms with Crippen molar-refractivity contribution in [3.05, 3.63) is 24.0 Å². The quantitative estimate of drug-likeness (QED) is 0.748. The lowest BCUT2D eigenvalue weighted by atomic mass is 10.1. The maximum absolute atomic E-state index is 4.35. The molecule has 0 unspecified atom stereocenters. The number of anilines is 1. The number of hydrogen-bond donors (Lipinski definition) is 1. The summed E-state index contributed by atoms with van der Waals surface area (Å²) in [6.07, 6.45) is 7.96. The minimum absolute atomic E-state index is 0.693.